The van der Waals surface area contributed by atoms with Gasteiger partial charge >= 0.3 is 0 Å². The van der Waals surface area contributed by atoms with Gasteiger partial charge in [-0.1, -0.05) is 25.1 Å². The van der Waals surface area contributed by atoms with Crippen LogP contribution in [-0.4, -0.2) is 10.3 Å². The summed E-state index contributed by atoms with van der Waals surface area (Å²) < 4.78 is 18.4. The molecule has 2 rings (SSSR count). The van der Waals surface area contributed by atoms with Crippen molar-refractivity contribution in [3.63, 3.8) is 0 Å². The minimum atomic E-state index is -0.262. The van der Waals surface area contributed by atoms with E-state index in [9.17, 15) is 9.50 Å². The fourth-order valence-electron chi connectivity index (χ4n) is 2.11. The maximum absolute atomic E-state index is 13.3. The van der Waals surface area contributed by atoms with Crippen LogP contribution >= 0.6 is 0 Å². The van der Waals surface area contributed by atoms with Crippen LogP contribution in [0.1, 0.15) is 36.8 Å². The first-order chi connectivity index (χ1) is 8.54. The van der Waals surface area contributed by atoms with Gasteiger partial charge in [0.1, 0.15) is 12.4 Å². The number of aliphatic hydroxyl groups excluding tert-OH is 1. The summed E-state index contributed by atoms with van der Waals surface area (Å²) in [5.41, 5.74) is 3.22. The topological polar surface area (TPSA) is 46.3 Å². The molecule has 1 N–H and O–H groups in total. The van der Waals surface area contributed by atoms with Gasteiger partial charge in [0, 0.05) is 0 Å². The van der Waals surface area contributed by atoms with Gasteiger partial charge in [0.15, 0.2) is 5.76 Å². The smallest absolute Gasteiger partial charge is 0.170 e. The number of aliphatic hydroxyl groups is 1. The van der Waals surface area contributed by atoms with Crippen LogP contribution in [0.4, 0.5) is 4.39 Å². The highest BCUT2D eigenvalue weighted by atomic mass is 19.1. The highest BCUT2D eigenvalue weighted by molar-refractivity contribution is 5.71. The number of nitrogens with zero attached hydrogens (tertiary/aromatic N) is 1. The van der Waals surface area contributed by atoms with E-state index in [0.29, 0.717) is 11.5 Å². The summed E-state index contributed by atoms with van der Waals surface area (Å²) in [6, 6.07) is 4.64. The molecule has 0 saturated heterocycles. The summed E-state index contributed by atoms with van der Waals surface area (Å²) >= 11 is 0. The van der Waals surface area contributed by atoms with Crippen molar-refractivity contribution in [3.05, 3.63) is 41.0 Å². The molecule has 0 bridgehead atoms. The Bertz CT molecular complexity index is 561. The van der Waals surface area contributed by atoms with Gasteiger partial charge in [-0.3, -0.25) is 0 Å². The van der Waals surface area contributed by atoms with Crippen molar-refractivity contribution in [1.82, 2.24) is 5.16 Å². The minimum absolute atomic E-state index is 0.177. The lowest BCUT2D eigenvalue weighted by Crippen LogP contribution is -1.96. The first kappa shape index (κ1) is 12.8. The van der Waals surface area contributed by atoms with E-state index in [4.69, 9.17) is 4.52 Å². The first-order valence-corrected chi connectivity index (χ1v) is 5.90. The third-order valence-electron chi connectivity index (χ3n) is 2.98. The second-order valence-corrected chi connectivity index (χ2v) is 4.61. The van der Waals surface area contributed by atoms with Gasteiger partial charge in [-0.25, -0.2) is 4.39 Å². The molecule has 0 saturated carbocycles. The molecule has 1 aromatic heterocycles. The average Bonchev–Trinajstić information content (AvgIpc) is 2.70. The maximum Gasteiger partial charge on any atom is 0.170 e. The molecule has 2 aromatic rings. The summed E-state index contributed by atoms with van der Waals surface area (Å²) in [4.78, 5) is 0. The van der Waals surface area contributed by atoms with E-state index < -0.39 is 0 Å². The van der Waals surface area contributed by atoms with E-state index in [1.807, 2.05) is 20.8 Å². The summed E-state index contributed by atoms with van der Waals surface area (Å²) in [6.45, 7) is 5.59. The lowest BCUT2D eigenvalue weighted by atomic mass is 9.91. The molecule has 0 spiro atoms. The van der Waals surface area contributed by atoms with E-state index >= 15 is 0 Å². The molecule has 96 valence electrons. The molecule has 3 nitrogen and oxygen atoms in total. The molecule has 0 aliphatic carbocycles. The number of halogens is 1. The van der Waals surface area contributed by atoms with E-state index in [0.717, 1.165) is 16.7 Å². The number of aryl methyl sites for hydroxylation is 1. The fourth-order valence-corrected chi connectivity index (χ4v) is 2.11. The zero-order chi connectivity index (χ0) is 13.3. The first-order valence-electron chi connectivity index (χ1n) is 5.90. The second-order valence-electron chi connectivity index (χ2n) is 4.61. The number of hydrogen-bond acceptors (Lipinski definition) is 3. The van der Waals surface area contributed by atoms with E-state index in [1.165, 1.54) is 12.1 Å². The largest absolute Gasteiger partial charge is 0.388 e. The molecule has 0 aliphatic rings. The quantitative estimate of drug-likeness (QED) is 0.906. The molecule has 0 amide bonds. The van der Waals surface area contributed by atoms with Crippen LogP contribution in [0, 0.1) is 12.7 Å². The van der Waals surface area contributed by atoms with Gasteiger partial charge in [-0.15, -0.1) is 0 Å². The van der Waals surface area contributed by atoms with Crippen molar-refractivity contribution >= 4 is 0 Å². The molecule has 0 unspecified atom stereocenters. The van der Waals surface area contributed by atoms with Crippen LogP contribution in [0.5, 0.6) is 0 Å². The van der Waals surface area contributed by atoms with Gasteiger partial charge in [-0.2, -0.15) is 0 Å². The number of aromatic nitrogens is 1. The molecule has 0 aliphatic heterocycles. The Morgan fingerprint density at radius 1 is 1.39 bits per heavy atom. The van der Waals surface area contributed by atoms with Crippen LogP contribution in [0.3, 0.4) is 0 Å². The lowest BCUT2D eigenvalue weighted by Gasteiger charge is -2.13. The van der Waals surface area contributed by atoms with Crippen molar-refractivity contribution in [3.8, 4) is 11.1 Å². The van der Waals surface area contributed by atoms with E-state index in [-0.39, 0.29) is 18.3 Å². The molecule has 4 heteroatoms. The maximum atomic E-state index is 13.3. The molecule has 18 heavy (non-hydrogen) atoms. The summed E-state index contributed by atoms with van der Waals surface area (Å²) in [5, 5.41) is 13.1. The Morgan fingerprint density at radius 2 is 2.11 bits per heavy atom. The van der Waals surface area contributed by atoms with Crippen LogP contribution in [0.25, 0.3) is 11.1 Å². The van der Waals surface area contributed by atoms with Gasteiger partial charge in [0.05, 0.1) is 11.3 Å². The molecular weight excluding hydrogens is 233 g/mol. The molecule has 0 atom stereocenters. The predicted octanol–water partition coefficient (Wildman–Crippen LogP) is 3.40. The molecule has 1 aromatic carbocycles. The Balaban J connectivity index is 2.66. The molecule has 0 fully saturated rings. The third kappa shape index (κ3) is 2.16. The van der Waals surface area contributed by atoms with Crippen molar-refractivity contribution in [1.29, 1.82) is 0 Å². The average molecular weight is 249 g/mol. The Labute approximate surface area is 105 Å². The summed E-state index contributed by atoms with van der Waals surface area (Å²) in [7, 11) is 0. The van der Waals surface area contributed by atoms with Gasteiger partial charge in [-0.05, 0) is 36.1 Å². The molecular formula is C14H16FNO2. The Kier molecular flexibility index (Phi) is 3.48. The predicted molar refractivity (Wildman–Crippen MR) is 66.6 cm³/mol. The van der Waals surface area contributed by atoms with Crippen LogP contribution in [0.15, 0.2) is 22.7 Å². The summed E-state index contributed by atoms with van der Waals surface area (Å²) in [5.74, 6) is 0.333. The number of hydrogen-bond donors (Lipinski definition) is 1. The molecule has 1 heterocycles. The van der Waals surface area contributed by atoms with Crippen molar-refractivity contribution in [2.24, 2.45) is 0 Å². The second kappa shape index (κ2) is 4.90. The lowest BCUT2D eigenvalue weighted by molar-refractivity contribution is 0.229. The minimum Gasteiger partial charge on any atom is -0.388 e. The Morgan fingerprint density at radius 3 is 2.72 bits per heavy atom. The third-order valence-corrected chi connectivity index (χ3v) is 2.98. The number of rotatable bonds is 3. The zero-order valence-corrected chi connectivity index (χ0v) is 10.7. The highest BCUT2D eigenvalue weighted by Crippen LogP contribution is 2.34. The standard InChI is InChI=1S/C14H16FNO2/c1-8(2)12-6-10(15)4-5-11(12)14-9(3)16-18-13(14)7-17/h4-6,8,17H,7H2,1-3H3. The van der Waals surface area contributed by atoms with Crippen LogP contribution in [0.2, 0.25) is 0 Å². The van der Waals surface area contributed by atoms with Gasteiger partial charge in [0.25, 0.3) is 0 Å². The van der Waals surface area contributed by atoms with Crippen molar-refractivity contribution in [2.45, 2.75) is 33.3 Å². The van der Waals surface area contributed by atoms with Crippen LogP contribution in [-0.2, 0) is 6.61 Å². The van der Waals surface area contributed by atoms with Crippen LogP contribution < -0.4 is 0 Å². The van der Waals surface area contributed by atoms with E-state index in [2.05, 4.69) is 5.16 Å². The monoisotopic (exact) mass is 249 g/mol. The van der Waals surface area contributed by atoms with Gasteiger partial charge < -0.3 is 9.63 Å². The van der Waals surface area contributed by atoms with Crippen molar-refractivity contribution < 1.29 is 14.0 Å². The number of benzene rings is 1. The van der Waals surface area contributed by atoms with E-state index in [1.54, 1.807) is 6.07 Å². The SMILES string of the molecule is Cc1noc(CO)c1-c1ccc(F)cc1C(C)C. The normalized spacial score (nSPS) is 11.2. The zero-order valence-electron chi connectivity index (χ0n) is 10.7. The van der Waals surface area contributed by atoms with Crippen molar-refractivity contribution in [2.75, 3.05) is 0 Å². The summed E-state index contributed by atoms with van der Waals surface area (Å²) in [6.07, 6.45) is 0. The highest BCUT2D eigenvalue weighted by Gasteiger charge is 2.18. The molecule has 0 radical (unpaired) electrons. The fraction of sp³-hybridized carbons (Fsp3) is 0.357. The van der Waals surface area contributed by atoms with Gasteiger partial charge in [0.2, 0.25) is 0 Å². The Hall–Kier alpha value is -1.68.